The van der Waals surface area contributed by atoms with Gasteiger partial charge in [-0.2, -0.15) is 0 Å². The summed E-state index contributed by atoms with van der Waals surface area (Å²) in [5.74, 6) is 0.315. The van der Waals surface area contributed by atoms with Crippen molar-refractivity contribution in [3.05, 3.63) is 23.5 Å². The summed E-state index contributed by atoms with van der Waals surface area (Å²) in [4.78, 5) is 18.0. The largest absolute Gasteiger partial charge is 0.480 e. The first kappa shape index (κ1) is 16.4. The summed E-state index contributed by atoms with van der Waals surface area (Å²) in [5.41, 5.74) is 1.81. The number of aromatic nitrogens is 1. The highest BCUT2D eigenvalue weighted by Crippen LogP contribution is 2.17. The van der Waals surface area contributed by atoms with Gasteiger partial charge in [-0.1, -0.05) is 6.92 Å². The lowest BCUT2D eigenvalue weighted by atomic mass is 10.2. The van der Waals surface area contributed by atoms with Crippen LogP contribution in [0, 0.1) is 6.92 Å². The van der Waals surface area contributed by atoms with Crippen LogP contribution < -0.4 is 4.74 Å². The van der Waals surface area contributed by atoms with Crippen LogP contribution >= 0.6 is 0 Å². The van der Waals surface area contributed by atoms with Gasteiger partial charge < -0.3 is 14.4 Å². The van der Waals surface area contributed by atoms with E-state index in [1.54, 1.807) is 0 Å². The fourth-order valence-electron chi connectivity index (χ4n) is 1.73. The smallest absolute Gasteiger partial charge is 0.344 e. The van der Waals surface area contributed by atoms with E-state index < -0.39 is 0 Å². The average molecular weight is 280 g/mol. The number of esters is 1. The molecular weight excluding hydrogens is 256 g/mol. The van der Waals surface area contributed by atoms with Crippen LogP contribution in [0.2, 0.25) is 0 Å². The molecule has 0 radical (unpaired) electrons. The first-order chi connectivity index (χ1) is 9.52. The molecule has 20 heavy (non-hydrogen) atoms. The molecule has 0 aliphatic carbocycles. The van der Waals surface area contributed by atoms with E-state index in [1.807, 2.05) is 40.1 Å². The van der Waals surface area contributed by atoms with Crippen molar-refractivity contribution in [2.45, 2.75) is 26.7 Å². The Morgan fingerprint density at radius 3 is 2.75 bits per heavy atom. The number of carbonyl (C=O) groups is 1. The first-order valence-electron chi connectivity index (χ1n) is 6.92. The van der Waals surface area contributed by atoms with Gasteiger partial charge in [-0.3, -0.25) is 4.98 Å². The minimum absolute atomic E-state index is 0.0697. The number of hydrogen-bond acceptors (Lipinski definition) is 5. The van der Waals surface area contributed by atoms with E-state index in [0.717, 1.165) is 30.8 Å². The van der Waals surface area contributed by atoms with Gasteiger partial charge in [-0.25, -0.2) is 4.79 Å². The number of pyridine rings is 1. The predicted molar refractivity (Wildman–Crippen MR) is 78.0 cm³/mol. The molecule has 0 fully saturated rings. The Morgan fingerprint density at radius 2 is 2.10 bits per heavy atom. The first-order valence-corrected chi connectivity index (χ1v) is 6.92. The van der Waals surface area contributed by atoms with Crippen molar-refractivity contribution in [3.8, 4) is 5.75 Å². The van der Waals surface area contributed by atoms with Gasteiger partial charge in [-0.15, -0.1) is 0 Å². The van der Waals surface area contributed by atoms with Crippen molar-refractivity contribution >= 4 is 5.97 Å². The summed E-state index contributed by atoms with van der Waals surface area (Å²) in [5, 5.41) is 0. The van der Waals surface area contributed by atoms with Crippen LogP contribution in [0.5, 0.6) is 5.75 Å². The van der Waals surface area contributed by atoms with Gasteiger partial charge >= 0.3 is 5.97 Å². The molecule has 1 aromatic heterocycles. The molecule has 112 valence electrons. The maximum absolute atomic E-state index is 11.5. The standard InChI is InChI=1S/C15H24N2O3/c1-5-13-14(8-7-12(2)16-13)20-11-15(18)19-10-6-9-17(3)4/h7-8H,5-6,9-11H2,1-4H3. The maximum atomic E-state index is 11.5. The summed E-state index contributed by atoms with van der Waals surface area (Å²) < 4.78 is 10.6. The zero-order valence-corrected chi connectivity index (χ0v) is 12.8. The third kappa shape index (κ3) is 6.02. The second kappa shape index (κ2) is 8.53. The molecule has 0 atom stereocenters. The van der Waals surface area contributed by atoms with Gasteiger partial charge in [0, 0.05) is 12.2 Å². The SMILES string of the molecule is CCc1nc(C)ccc1OCC(=O)OCCCN(C)C. The van der Waals surface area contributed by atoms with E-state index in [1.165, 1.54) is 0 Å². The summed E-state index contributed by atoms with van der Waals surface area (Å²) in [7, 11) is 3.98. The second-order valence-corrected chi connectivity index (χ2v) is 4.92. The Balaban J connectivity index is 2.34. The van der Waals surface area contributed by atoms with Crippen molar-refractivity contribution in [2.75, 3.05) is 33.9 Å². The number of nitrogens with zero attached hydrogens (tertiary/aromatic N) is 2. The molecule has 5 nitrogen and oxygen atoms in total. The van der Waals surface area contributed by atoms with Crippen molar-refractivity contribution < 1.29 is 14.3 Å². The van der Waals surface area contributed by atoms with Gasteiger partial charge in [0.05, 0.1) is 12.3 Å². The van der Waals surface area contributed by atoms with Crippen molar-refractivity contribution in [2.24, 2.45) is 0 Å². The highest BCUT2D eigenvalue weighted by molar-refractivity contribution is 5.71. The molecule has 0 aliphatic rings. The molecule has 5 heteroatoms. The molecule has 0 saturated carbocycles. The number of hydrogen-bond donors (Lipinski definition) is 0. The Hall–Kier alpha value is -1.62. The van der Waals surface area contributed by atoms with Crippen LogP contribution in [0.3, 0.4) is 0 Å². The van der Waals surface area contributed by atoms with E-state index in [0.29, 0.717) is 12.4 Å². The fraction of sp³-hybridized carbons (Fsp3) is 0.600. The van der Waals surface area contributed by atoms with E-state index in [2.05, 4.69) is 9.88 Å². The van der Waals surface area contributed by atoms with Gasteiger partial charge in [0.1, 0.15) is 5.75 Å². The van der Waals surface area contributed by atoms with Crippen LogP contribution in [0.25, 0.3) is 0 Å². The summed E-state index contributed by atoms with van der Waals surface area (Å²) >= 11 is 0. The second-order valence-electron chi connectivity index (χ2n) is 4.92. The molecule has 0 amide bonds. The third-order valence-corrected chi connectivity index (χ3v) is 2.76. The maximum Gasteiger partial charge on any atom is 0.344 e. The van der Waals surface area contributed by atoms with Crippen molar-refractivity contribution in [1.82, 2.24) is 9.88 Å². The van der Waals surface area contributed by atoms with Crippen LogP contribution in [0.15, 0.2) is 12.1 Å². The van der Waals surface area contributed by atoms with E-state index >= 15 is 0 Å². The zero-order valence-electron chi connectivity index (χ0n) is 12.8. The molecule has 1 aromatic rings. The highest BCUT2D eigenvalue weighted by Gasteiger charge is 2.08. The average Bonchev–Trinajstić information content (AvgIpc) is 2.41. The molecule has 0 saturated heterocycles. The molecular formula is C15H24N2O3. The van der Waals surface area contributed by atoms with Gasteiger partial charge in [-0.05, 0) is 46.0 Å². The lowest BCUT2D eigenvalue weighted by Gasteiger charge is -2.11. The normalized spacial score (nSPS) is 10.7. The topological polar surface area (TPSA) is 51.7 Å². The summed E-state index contributed by atoms with van der Waals surface area (Å²) in [6, 6.07) is 3.72. The zero-order chi connectivity index (χ0) is 15.0. The number of rotatable bonds is 8. The Labute approximate surface area is 120 Å². The number of carbonyl (C=O) groups excluding carboxylic acids is 1. The summed E-state index contributed by atoms with van der Waals surface area (Å²) in [6.07, 6.45) is 1.60. The molecule has 0 spiro atoms. The van der Waals surface area contributed by atoms with Crippen molar-refractivity contribution in [3.63, 3.8) is 0 Å². The quantitative estimate of drug-likeness (QED) is 0.537. The molecule has 0 N–H and O–H groups in total. The van der Waals surface area contributed by atoms with Crippen LogP contribution in [-0.4, -0.2) is 49.7 Å². The Kier molecular flexibility index (Phi) is 7.01. The molecule has 0 unspecified atom stereocenters. The van der Waals surface area contributed by atoms with E-state index in [9.17, 15) is 4.79 Å². The molecule has 1 heterocycles. The highest BCUT2D eigenvalue weighted by atomic mass is 16.6. The Morgan fingerprint density at radius 1 is 1.35 bits per heavy atom. The fourth-order valence-corrected chi connectivity index (χ4v) is 1.73. The van der Waals surface area contributed by atoms with Gasteiger partial charge in [0.15, 0.2) is 6.61 Å². The lowest BCUT2D eigenvalue weighted by molar-refractivity contribution is -0.146. The monoisotopic (exact) mass is 280 g/mol. The number of aryl methyl sites for hydroxylation is 2. The van der Waals surface area contributed by atoms with Crippen LogP contribution in [-0.2, 0) is 16.0 Å². The number of ether oxygens (including phenoxy) is 2. The van der Waals surface area contributed by atoms with Crippen molar-refractivity contribution in [1.29, 1.82) is 0 Å². The summed E-state index contributed by atoms with van der Waals surface area (Å²) in [6.45, 7) is 5.19. The van der Waals surface area contributed by atoms with Crippen LogP contribution in [0.1, 0.15) is 24.7 Å². The van der Waals surface area contributed by atoms with Gasteiger partial charge in [0.25, 0.3) is 0 Å². The molecule has 0 bridgehead atoms. The Bertz CT molecular complexity index is 433. The molecule has 0 aliphatic heterocycles. The predicted octanol–water partition coefficient (Wildman–Crippen LogP) is 1.83. The minimum Gasteiger partial charge on any atom is -0.480 e. The third-order valence-electron chi connectivity index (χ3n) is 2.76. The van der Waals surface area contributed by atoms with Gasteiger partial charge in [0.2, 0.25) is 0 Å². The molecule has 1 rings (SSSR count). The van der Waals surface area contributed by atoms with E-state index in [-0.39, 0.29) is 12.6 Å². The minimum atomic E-state index is -0.341. The van der Waals surface area contributed by atoms with Crippen LogP contribution in [0.4, 0.5) is 0 Å². The van der Waals surface area contributed by atoms with E-state index in [4.69, 9.17) is 9.47 Å². The lowest BCUT2D eigenvalue weighted by Crippen LogP contribution is -2.19. The molecule has 0 aromatic carbocycles.